The number of amides is 3. The van der Waals surface area contributed by atoms with Gasteiger partial charge in [-0.25, -0.2) is 34.9 Å². The van der Waals surface area contributed by atoms with Crippen LogP contribution < -0.4 is 57.5 Å². The molecule has 15 rings (SSSR count). The van der Waals surface area contributed by atoms with Gasteiger partial charge in [-0.15, -0.1) is 0 Å². The van der Waals surface area contributed by atoms with E-state index in [-0.39, 0.29) is 39.1 Å². The predicted molar refractivity (Wildman–Crippen MR) is 461 cm³/mol. The molecule has 4 aliphatic rings. The van der Waals surface area contributed by atoms with E-state index in [0.717, 1.165) is 119 Å². The highest BCUT2D eigenvalue weighted by Crippen LogP contribution is 2.40. The van der Waals surface area contributed by atoms with E-state index in [4.69, 9.17) is 52.5 Å². The van der Waals surface area contributed by atoms with Gasteiger partial charge in [0.05, 0.1) is 42.4 Å². The number of aliphatic hydroxyl groups is 1. The first-order chi connectivity index (χ1) is 54.6. The first-order valence-electron chi connectivity index (χ1n) is 36.8. The van der Waals surface area contributed by atoms with E-state index in [0.29, 0.717) is 104 Å². The zero-order chi connectivity index (χ0) is 79.0. The summed E-state index contributed by atoms with van der Waals surface area (Å²) in [6.07, 6.45) is 3.58. The Bertz CT molecular complexity index is 5210. The zero-order valence-electron chi connectivity index (χ0n) is 63.1. The number of nitrogens with zero attached hydrogens (tertiary/aromatic N) is 13. The van der Waals surface area contributed by atoms with Crippen LogP contribution in [0.25, 0.3) is 0 Å². The van der Waals surface area contributed by atoms with Gasteiger partial charge in [0.1, 0.15) is 52.0 Å². The number of β-amino-alcohol motifs (C(OH)–C–C–N with tert-alkyl or cyclic N) is 1. The summed E-state index contributed by atoms with van der Waals surface area (Å²) < 4.78 is 11.3. The smallest absolute Gasteiger partial charge is 0.257 e. The SMILES string of the molecule is CC(N)=CC(N)=Nc1cc(N2CCC2)nc(Sc2ccc(NC(=O)c3ccc(Oc4ccccc4)cc3Cl)cc2)n1.CCC(=O)Nc1ccc(Sc2nc(Nc3cc(C)[nH]n3)cc(N3CC(C)(N4CCOCC4)C3)n2)cc1.CCC(=O)Nc1ccc(Sc2nc(Nc3cc(C)[nH]n3)cc(N3CC(O)(c4ccccc4)C3)n2)cc1.[HH].[HH].[HH].[HH].[HH].[HH].[HH]. The number of amidine groups is 1. The number of hydrogen-bond donors (Lipinski definition) is 10. The van der Waals surface area contributed by atoms with Crippen LogP contribution in [-0.4, -0.2) is 155 Å². The van der Waals surface area contributed by atoms with Crippen molar-refractivity contribution in [3.63, 3.8) is 0 Å². The van der Waals surface area contributed by atoms with Gasteiger partial charge in [-0.1, -0.05) is 74.0 Å². The minimum atomic E-state index is -0.912. The van der Waals surface area contributed by atoms with E-state index >= 15 is 0 Å². The molecule has 0 spiro atoms. The van der Waals surface area contributed by atoms with Crippen molar-refractivity contribution in [2.75, 3.05) is 107 Å². The summed E-state index contributed by atoms with van der Waals surface area (Å²) in [5, 5.41) is 42.7. The fourth-order valence-electron chi connectivity index (χ4n) is 12.3. The number of anilines is 10. The number of allylic oxidation sites excluding steroid dienone is 1. The number of aromatic amines is 2. The number of nitrogens with one attached hydrogen (secondary N) is 7. The molecule has 4 aliphatic heterocycles. The fourth-order valence-corrected chi connectivity index (χ4v) is 14.9. The average Bonchev–Trinajstić information content (AvgIpc) is 0.792. The van der Waals surface area contributed by atoms with Gasteiger partial charge in [-0.2, -0.15) is 10.2 Å². The Labute approximate surface area is 682 Å². The molecule has 0 bridgehead atoms. The van der Waals surface area contributed by atoms with Crippen LogP contribution in [0.2, 0.25) is 5.02 Å². The Morgan fingerprint density at radius 1 is 0.584 bits per heavy atom. The summed E-state index contributed by atoms with van der Waals surface area (Å²) in [7, 11) is 0. The molecule has 113 heavy (non-hydrogen) atoms. The first kappa shape index (κ1) is 79.5. The van der Waals surface area contributed by atoms with Gasteiger partial charge in [-0.05, 0) is 178 Å². The number of para-hydroxylation sites is 1. The number of halogens is 1. The maximum Gasteiger partial charge on any atom is 0.257 e. The van der Waals surface area contributed by atoms with Crippen LogP contribution in [0.4, 0.5) is 63.6 Å². The van der Waals surface area contributed by atoms with E-state index in [2.05, 4.69) is 83.6 Å². The molecule has 0 radical (unpaired) electrons. The third-order valence-electron chi connectivity index (χ3n) is 18.3. The van der Waals surface area contributed by atoms with E-state index in [1.807, 2.05) is 196 Å². The monoisotopic (exact) mass is 1610 g/mol. The van der Waals surface area contributed by atoms with Crippen molar-refractivity contribution >= 4 is 134 Å². The second-order valence-electron chi connectivity index (χ2n) is 27.4. The molecule has 12 N–H and O–H groups in total. The van der Waals surface area contributed by atoms with E-state index in [1.54, 1.807) is 31.2 Å². The van der Waals surface area contributed by atoms with Crippen LogP contribution in [0.15, 0.2) is 229 Å². The van der Waals surface area contributed by atoms with Gasteiger partial charge in [0.2, 0.25) is 11.8 Å². The highest BCUT2D eigenvalue weighted by atomic mass is 35.5. The van der Waals surface area contributed by atoms with Gasteiger partial charge in [0, 0.05) is 147 Å². The number of rotatable bonds is 25. The number of ether oxygens (including phenoxy) is 2. The maximum absolute atomic E-state index is 12.9. The number of aliphatic imine (C=N–C) groups is 1. The summed E-state index contributed by atoms with van der Waals surface area (Å²) in [6, 6.07) is 56.2. The van der Waals surface area contributed by atoms with Crippen LogP contribution >= 0.6 is 46.9 Å². The first-order valence-corrected chi connectivity index (χ1v) is 39.6. The molecule has 596 valence electrons. The second kappa shape index (κ2) is 36.7. The number of carbonyl (C=O) groups excluding carboxylic acids is 3. The van der Waals surface area contributed by atoms with Crippen molar-refractivity contribution in [1.82, 2.24) is 55.2 Å². The predicted octanol–water partition coefficient (Wildman–Crippen LogP) is 16.2. The van der Waals surface area contributed by atoms with Gasteiger partial charge in [-0.3, -0.25) is 29.5 Å². The lowest BCUT2D eigenvalue weighted by atomic mass is 9.86. The Hall–Kier alpha value is -11.6. The van der Waals surface area contributed by atoms with Crippen molar-refractivity contribution in [3.05, 3.63) is 221 Å². The molecule has 9 heterocycles. The Morgan fingerprint density at radius 2 is 1.06 bits per heavy atom. The minimum Gasteiger partial charge on any atom is -0.457 e. The van der Waals surface area contributed by atoms with Crippen LogP contribution in [0, 0.1) is 13.8 Å². The third-order valence-corrected chi connectivity index (χ3v) is 21.2. The Kier molecular flexibility index (Phi) is 25.8. The van der Waals surface area contributed by atoms with Gasteiger partial charge < -0.3 is 67.3 Å². The lowest BCUT2D eigenvalue weighted by Gasteiger charge is -2.55. The van der Waals surface area contributed by atoms with Gasteiger partial charge in [0.25, 0.3) is 5.91 Å². The average molecular weight is 1610 g/mol. The molecule has 3 amide bonds. The molecule has 4 fully saturated rings. The number of carbonyl (C=O) groups is 3. The van der Waals surface area contributed by atoms with Crippen molar-refractivity contribution in [2.24, 2.45) is 16.5 Å². The lowest BCUT2D eigenvalue weighted by Crippen LogP contribution is -2.70. The van der Waals surface area contributed by atoms with Gasteiger partial charge >= 0.3 is 0 Å². The number of aryl methyl sites for hydroxylation is 2. The van der Waals surface area contributed by atoms with Crippen LogP contribution in [0.1, 0.15) is 84.3 Å². The van der Waals surface area contributed by atoms with Crippen LogP contribution in [0.3, 0.4) is 0 Å². The molecule has 6 aromatic carbocycles. The fraction of sp³-hybridized carbons (Fsp3) is 0.259. The van der Waals surface area contributed by atoms with Crippen LogP contribution in [0.5, 0.6) is 11.5 Å². The van der Waals surface area contributed by atoms with Crippen LogP contribution in [-0.2, 0) is 19.9 Å². The molecule has 0 saturated carbocycles. The van der Waals surface area contributed by atoms with Crippen molar-refractivity contribution < 1.29 is 39.0 Å². The topological polar surface area (TPSA) is 362 Å². The molecule has 28 nitrogen and oxygen atoms in total. The zero-order valence-corrected chi connectivity index (χ0v) is 66.4. The van der Waals surface area contributed by atoms with E-state index in [9.17, 15) is 19.5 Å². The molecular weight excluding hydrogens is 1510 g/mol. The number of nitrogens with two attached hydrogens (primary N) is 2. The summed E-state index contributed by atoms with van der Waals surface area (Å²) >= 11 is 10.7. The standard InChI is InChI=1S/C30H28ClN7O2S.C26H27N7O2S.C25H32N8O2S.7H2/c1-19(32)16-26(33)35-27-18-28(38-14-5-15-38)37-30(36-27)41-23-11-8-20(9-12-23)34-29(39)24-13-10-22(17-25(24)31)40-21-6-3-2-4-7-21;1-3-24(34)27-19-9-11-20(12-10-19)36-25-29-21(28-22-13-17(2)31-32-22)14-23(30-25)33-15-26(35,16-33)18-7-5-4-6-8-18;1-4-23(34)26-18-5-7-19(8-6-18)36-24-28-20(27-21-13-17(2)30-31-21)14-22(29-24)32-15-25(3,16-32)33-9-11-35-12-10-33;;;;;;;/h2-4,6-13,16-18H,5,14-15,32H2,1H3,(H,34,39)(H2,33,35,36,37);4-14,35H,3,15-16H2,1-2H3,(H,27,34)(H2,28,29,30,31,32);5-8,13-14H,4,9-12,15-16H2,1-3H3,(H,26,34)(H2,27,28,29,30,31);7*1H. The lowest BCUT2D eigenvalue weighted by molar-refractivity contribution is -0.116. The Balaban J connectivity index is 0.000000272. The van der Waals surface area contributed by atoms with Crippen molar-refractivity contribution in [3.8, 4) is 11.5 Å². The summed E-state index contributed by atoms with van der Waals surface area (Å²) in [5.74, 6) is 6.68. The molecule has 11 aromatic rings. The summed E-state index contributed by atoms with van der Waals surface area (Å²) in [6.45, 7) is 19.7. The maximum atomic E-state index is 12.9. The molecular formula is C81H101ClN22O6S3. The highest BCUT2D eigenvalue weighted by Gasteiger charge is 2.45. The van der Waals surface area contributed by atoms with E-state index in [1.165, 1.54) is 35.3 Å². The molecule has 0 atom stereocenters. The molecule has 0 unspecified atom stereocenters. The quantitative estimate of drug-likeness (QED) is 0.0144. The van der Waals surface area contributed by atoms with Gasteiger partial charge in [0.15, 0.2) is 32.9 Å². The number of aromatic nitrogens is 10. The number of benzene rings is 6. The van der Waals surface area contributed by atoms with Crippen molar-refractivity contribution in [2.45, 2.75) is 102 Å². The normalized spacial score (nSPS) is 15.0. The van der Waals surface area contributed by atoms with E-state index < -0.39 is 5.60 Å². The second-order valence-corrected chi connectivity index (χ2v) is 31.0. The molecule has 5 aromatic heterocycles. The molecule has 4 saturated heterocycles. The summed E-state index contributed by atoms with van der Waals surface area (Å²) in [5.41, 5.74) is 16.8. The number of hydrogen-bond acceptors (Lipinski definition) is 25. The van der Waals surface area contributed by atoms with Crippen molar-refractivity contribution in [1.29, 1.82) is 0 Å². The molecule has 32 heteroatoms. The largest absolute Gasteiger partial charge is 0.457 e. The highest BCUT2D eigenvalue weighted by molar-refractivity contribution is 7.99. The number of H-pyrrole nitrogens is 2. The minimum absolute atomic E-state index is 0. The third kappa shape index (κ3) is 21.8. The number of morpholine rings is 1. The Morgan fingerprint density at radius 3 is 1.52 bits per heavy atom. The molecule has 0 aliphatic carbocycles. The summed E-state index contributed by atoms with van der Waals surface area (Å²) in [4.78, 5) is 80.8.